The Hall–Kier alpha value is -3.00. The number of hydrogen-bond donors (Lipinski definition) is 2. The normalized spacial score (nSPS) is 15.9. The number of nitrogens with zero attached hydrogens (tertiary/aromatic N) is 3. The number of benzene rings is 1. The lowest BCUT2D eigenvalue weighted by Gasteiger charge is -2.32. The van der Waals surface area contributed by atoms with Crippen molar-refractivity contribution in [1.82, 2.24) is 15.2 Å². The largest absolute Gasteiger partial charge is 0.371 e. The summed E-state index contributed by atoms with van der Waals surface area (Å²) in [5.41, 5.74) is 1.33. The molecule has 166 valence electrons. The zero-order chi connectivity index (χ0) is 22.2. The first-order chi connectivity index (χ1) is 15.0. The molecule has 0 bridgehead atoms. The number of piperidine rings is 1. The van der Waals surface area contributed by atoms with Gasteiger partial charge in [0.25, 0.3) is 11.6 Å². The van der Waals surface area contributed by atoms with E-state index >= 15 is 0 Å². The molecule has 2 aromatic rings. The van der Waals surface area contributed by atoms with Gasteiger partial charge in [-0.1, -0.05) is 19.4 Å². The highest BCUT2D eigenvalue weighted by Gasteiger charge is 2.23. The molecule has 31 heavy (non-hydrogen) atoms. The second-order valence-corrected chi connectivity index (χ2v) is 8.05. The predicted octanol–water partition coefficient (Wildman–Crippen LogP) is 4.16. The molecular formula is C23H31N5O3. The molecule has 1 fully saturated rings. The molecule has 0 radical (unpaired) electrons. The van der Waals surface area contributed by atoms with Gasteiger partial charge < -0.3 is 15.5 Å². The highest BCUT2D eigenvalue weighted by molar-refractivity contribution is 5.96. The van der Waals surface area contributed by atoms with E-state index in [0.717, 1.165) is 38.2 Å². The van der Waals surface area contributed by atoms with Gasteiger partial charge in [0.05, 0.1) is 16.7 Å². The van der Waals surface area contributed by atoms with E-state index in [2.05, 4.69) is 27.4 Å². The van der Waals surface area contributed by atoms with E-state index < -0.39 is 4.92 Å². The van der Waals surface area contributed by atoms with Crippen LogP contribution in [0.25, 0.3) is 0 Å². The van der Waals surface area contributed by atoms with E-state index in [1.807, 2.05) is 25.1 Å². The summed E-state index contributed by atoms with van der Waals surface area (Å²) in [6.07, 6.45) is 5.86. The summed E-state index contributed by atoms with van der Waals surface area (Å²) in [6, 6.07) is 10.0. The summed E-state index contributed by atoms with van der Waals surface area (Å²) in [4.78, 5) is 30.6. The van der Waals surface area contributed by atoms with Crippen LogP contribution in [-0.2, 0) is 0 Å². The summed E-state index contributed by atoms with van der Waals surface area (Å²) >= 11 is 0. The fourth-order valence-corrected chi connectivity index (χ4v) is 3.84. The first kappa shape index (κ1) is 22.7. The van der Waals surface area contributed by atoms with E-state index in [0.29, 0.717) is 11.3 Å². The fraction of sp³-hybridized carbons (Fsp3) is 0.478. The van der Waals surface area contributed by atoms with Crippen molar-refractivity contribution in [2.45, 2.75) is 51.6 Å². The lowest BCUT2D eigenvalue weighted by Crippen LogP contribution is -2.44. The number of pyridine rings is 1. The van der Waals surface area contributed by atoms with Gasteiger partial charge >= 0.3 is 0 Å². The van der Waals surface area contributed by atoms with Gasteiger partial charge in [-0.3, -0.25) is 19.9 Å². The van der Waals surface area contributed by atoms with Crippen LogP contribution in [0, 0.1) is 10.1 Å². The van der Waals surface area contributed by atoms with E-state index in [1.54, 1.807) is 18.3 Å². The average molecular weight is 426 g/mol. The molecule has 1 aromatic carbocycles. The second-order valence-electron chi connectivity index (χ2n) is 8.05. The van der Waals surface area contributed by atoms with Crippen molar-refractivity contribution < 1.29 is 9.72 Å². The molecule has 8 heteroatoms. The smallest absolute Gasteiger partial charge is 0.293 e. The zero-order valence-corrected chi connectivity index (χ0v) is 18.2. The number of unbranched alkanes of at least 4 members (excludes halogenated alkanes) is 1. The van der Waals surface area contributed by atoms with Crippen molar-refractivity contribution >= 4 is 17.3 Å². The van der Waals surface area contributed by atoms with Crippen LogP contribution >= 0.6 is 0 Å². The number of nitro groups is 1. The molecule has 8 nitrogen and oxygen atoms in total. The Morgan fingerprint density at radius 3 is 2.71 bits per heavy atom. The van der Waals surface area contributed by atoms with Gasteiger partial charge in [-0.2, -0.15) is 0 Å². The molecule has 3 rings (SSSR count). The van der Waals surface area contributed by atoms with Crippen LogP contribution in [0.15, 0.2) is 42.6 Å². The van der Waals surface area contributed by atoms with Crippen molar-refractivity contribution in [3.05, 3.63) is 64.0 Å². The molecule has 1 amide bonds. The number of rotatable bonds is 9. The van der Waals surface area contributed by atoms with Crippen LogP contribution < -0.4 is 10.6 Å². The van der Waals surface area contributed by atoms with Crippen LogP contribution in [0.1, 0.15) is 61.6 Å². The molecule has 1 aliphatic rings. The first-order valence-electron chi connectivity index (χ1n) is 11.0. The number of anilines is 1. The van der Waals surface area contributed by atoms with Gasteiger partial charge in [0.15, 0.2) is 0 Å². The van der Waals surface area contributed by atoms with Gasteiger partial charge in [-0.05, 0) is 57.0 Å². The van der Waals surface area contributed by atoms with Crippen molar-refractivity contribution in [3.63, 3.8) is 0 Å². The van der Waals surface area contributed by atoms with Crippen LogP contribution in [-0.4, -0.2) is 46.4 Å². The average Bonchev–Trinajstić information content (AvgIpc) is 2.79. The minimum absolute atomic E-state index is 0.103. The molecule has 0 spiro atoms. The second kappa shape index (κ2) is 10.9. The Morgan fingerprint density at radius 2 is 2.06 bits per heavy atom. The minimum Gasteiger partial charge on any atom is -0.371 e. The van der Waals surface area contributed by atoms with Gasteiger partial charge in [-0.15, -0.1) is 0 Å². The highest BCUT2D eigenvalue weighted by atomic mass is 16.6. The van der Waals surface area contributed by atoms with Gasteiger partial charge in [0.1, 0.15) is 5.69 Å². The Bertz CT molecular complexity index is 882. The van der Waals surface area contributed by atoms with Gasteiger partial charge in [-0.25, -0.2) is 0 Å². The fourth-order valence-electron chi connectivity index (χ4n) is 3.84. The Kier molecular flexibility index (Phi) is 7.94. The molecule has 1 unspecified atom stereocenters. The van der Waals surface area contributed by atoms with Crippen LogP contribution in [0.4, 0.5) is 11.4 Å². The maximum Gasteiger partial charge on any atom is 0.293 e. The molecule has 1 saturated heterocycles. The number of likely N-dealkylation sites (tertiary alicyclic amines) is 1. The monoisotopic (exact) mass is 425 g/mol. The predicted molar refractivity (Wildman–Crippen MR) is 121 cm³/mol. The molecular weight excluding hydrogens is 394 g/mol. The lowest BCUT2D eigenvalue weighted by molar-refractivity contribution is -0.384. The number of carbonyl (C=O) groups excluding carboxylic acids is 1. The third kappa shape index (κ3) is 6.24. The zero-order valence-electron chi connectivity index (χ0n) is 18.2. The summed E-state index contributed by atoms with van der Waals surface area (Å²) in [5.74, 6) is -0.264. The molecule has 0 saturated carbocycles. The molecule has 2 N–H and O–H groups in total. The van der Waals surface area contributed by atoms with E-state index in [-0.39, 0.29) is 23.7 Å². The van der Waals surface area contributed by atoms with Gasteiger partial charge in [0.2, 0.25) is 0 Å². The van der Waals surface area contributed by atoms with E-state index in [4.69, 9.17) is 0 Å². The maximum atomic E-state index is 12.7. The molecule has 2 heterocycles. The number of hydrogen-bond acceptors (Lipinski definition) is 6. The maximum absolute atomic E-state index is 12.7. The molecule has 1 atom stereocenters. The first-order valence-corrected chi connectivity index (χ1v) is 11.0. The number of nitrogens with one attached hydrogen (secondary N) is 2. The van der Waals surface area contributed by atoms with Crippen molar-refractivity contribution in [1.29, 1.82) is 0 Å². The number of aromatic nitrogens is 1. The Labute approximate surface area is 183 Å². The van der Waals surface area contributed by atoms with E-state index in [9.17, 15) is 14.9 Å². The van der Waals surface area contributed by atoms with Crippen molar-refractivity contribution in [2.24, 2.45) is 0 Å². The summed E-state index contributed by atoms with van der Waals surface area (Å²) in [5, 5.41) is 17.8. The molecule has 0 aliphatic carbocycles. The molecule has 1 aromatic heterocycles. The lowest BCUT2D eigenvalue weighted by atomic mass is 10.0. The Balaban J connectivity index is 1.63. The topological polar surface area (TPSA) is 100 Å². The van der Waals surface area contributed by atoms with E-state index in [1.165, 1.54) is 18.9 Å². The van der Waals surface area contributed by atoms with Crippen molar-refractivity contribution in [3.8, 4) is 0 Å². The highest BCUT2D eigenvalue weighted by Crippen LogP contribution is 2.29. The summed E-state index contributed by atoms with van der Waals surface area (Å²) in [6.45, 7) is 7.12. The number of nitro benzene ring substituents is 1. The summed E-state index contributed by atoms with van der Waals surface area (Å²) < 4.78 is 0. The quantitative estimate of drug-likeness (QED) is 0.462. The third-order valence-electron chi connectivity index (χ3n) is 5.71. The standard InChI is InChI=1S/C23H31N5O3/c1-3-4-13-27-14-10-19(11-15-27)26-23(29)18-8-9-21(22(16-18)28(30)31)25-17(2)20-7-5-6-12-24-20/h5-9,12,16-17,19,25H,3-4,10-11,13-15H2,1-2H3,(H,26,29). The van der Waals surface area contributed by atoms with Crippen LogP contribution in [0.2, 0.25) is 0 Å². The van der Waals surface area contributed by atoms with Crippen LogP contribution in [0.3, 0.4) is 0 Å². The minimum atomic E-state index is -0.462. The SMILES string of the molecule is CCCCN1CCC(NC(=O)c2ccc(NC(C)c3ccccn3)c([N+](=O)[O-])c2)CC1. The van der Waals surface area contributed by atoms with Crippen LogP contribution in [0.5, 0.6) is 0 Å². The Morgan fingerprint density at radius 1 is 1.29 bits per heavy atom. The number of amides is 1. The third-order valence-corrected chi connectivity index (χ3v) is 5.71. The van der Waals surface area contributed by atoms with Crippen molar-refractivity contribution in [2.75, 3.05) is 25.0 Å². The molecule has 1 aliphatic heterocycles. The number of carbonyl (C=O) groups is 1. The summed E-state index contributed by atoms with van der Waals surface area (Å²) in [7, 11) is 0. The van der Waals surface area contributed by atoms with Gasteiger partial charge in [0, 0.05) is 37.0 Å².